The smallest absolute Gasteiger partial charge is 0.250 e. The maximum Gasteiger partial charge on any atom is 0.250 e. The van der Waals surface area contributed by atoms with Gasteiger partial charge in [0.2, 0.25) is 5.91 Å². The number of amides is 1. The van der Waals surface area contributed by atoms with Gasteiger partial charge in [0, 0.05) is 34.8 Å². The molecule has 2 fully saturated rings. The van der Waals surface area contributed by atoms with Crippen LogP contribution in [0.15, 0.2) is 36.4 Å². The SMILES string of the molecule is C[C@H](O)[C@H]1[C@@H](N)[C@H](c2cccc(Cl)c2F)[C@]2(C(=O)Nc3cc(Cl)ccc32)N1CC1CC1. The van der Waals surface area contributed by atoms with E-state index in [1.807, 2.05) is 11.0 Å². The van der Waals surface area contributed by atoms with Crippen molar-refractivity contribution < 1.29 is 14.3 Å². The molecular weight excluding hydrogens is 440 g/mol. The van der Waals surface area contributed by atoms with E-state index >= 15 is 4.39 Å². The summed E-state index contributed by atoms with van der Waals surface area (Å²) in [6, 6.07) is 8.78. The summed E-state index contributed by atoms with van der Waals surface area (Å²) < 4.78 is 15.3. The third-order valence-electron chi connectivity index (χ3n) is 6.99. The van der Waals surface area contributed by atoms with Crippen LogP contribution in [0.25, 0.3) is 0 Å². The molecule has 8 heteroatoms. The number of hydrogen-bond donors (Lipinski definition) is 3. The fourth-order valence-electron chi connectivity index (χ4n) is 5.60. The van der Waals surface area contributed by atoms with Crippen LogP contribution in [-0.2, 0) is 10.3 Å². The standard InChI is InChI=1S/C23H24Cl2FN3O2/c1-11(30)21-20(27)18(14-3-2-4-16(25)19(14)26)23(29(21)10-12-5-6-12)15-8-7-13(24)9-17(15)28-22(23)31/h2-4,7-9,11-12,18,20-21,30H,5-6,10,27H2,1H3,(H,28,31)/t11-,18-,20-,21-,23+/m0/s1. The Balaban J connectivity index is 1.80. The van der Waals surface area contributed by atoms with Gasteiger partial charge in [-0.1, -0.05) is 41.4 Å². The maximum absolute atomic E-state index is 15.3. The second-order valence-electron chi connectivity index (χ2n) is 8.94. The molecule has 2 aromatic rings. The van der Waals surface area contributed by atoms with Crippen LogP contribution < -0.4 is 11.1 Å². The van der Waals surface area contributed by atoms with Gasteiger partial charge in [-0.2, -0.15) is 0 Å². The van der Waals surface area contributed by atoms with Gasteiger partial charge >= 0.3 is 0 Å². The summed E-state index contributed by atoms with van der Waals surface area (Å²) in [6.45, 7) is 2.27. The van der Waals surface area contributed by atoms with E-state index in [4.69, 9.17) is 28.9 Å². The average Bonchev–Trinajstić information content (AvgIpc) is 3.42. The second-order valence-corrected chi connectivity index (χ2v) is 9.78. The van der Waals surface area contributed by atoms with Crippen molar-refractivity contribution in [3.8, 4) is 0 Å². The Bertz CT molecular complexity index is 1060. The van der Waals surface area contributed by atoms with E-state index in [0.717, 1.165) is 12.8 Å². The summed E-state index contributed by atoms with van der Waals surface area (Å²) in [4.78, 5) is 15.8. The lowest BCUT2D eigenvalue weighted by Crippen LogP contribution is -2.55. The largest absolute Gasteiger partial charge is 0.392 e. The van der Waals surface area contributed by atoms with Gasteiger partial charge in [-0.05, 0) is 49.4 Å². The lowest BCUT2D eigenvalue weighted by Gasteiger charge is -2.40. The molecule has 164 valence electrons. The fraction of sp³-hybridized carbons (Fsp3) is 0.435. The number of benzene rings is 2. The molecule has 3 aliphatic rings. The van der Waals surface area contributed by atoms with Gasteiger partial charge in [0.15, 0.2) is 0 Å². The minimum Gasteiger partial charge on any atom is -0.392 e. The molecule has 0 aromatic heterocycles. The Kier molecular flexibility index (Phi) is 5.07. The zero-order valence-electron chi connectivity index (χ0n) is 17.0. The number of hydrogen-bond acceptors (Lipinski definition) is 4. The second kappa shape index (κ2) is 7.42. The van der Waals surface area contributed by atoms with E-state index in [1.54, 1.807) is 31.2 Å². The normalized spacial score (nSPS) is 31.2. The summed E-state index contributed by atoms with van der Waals surface area (Å²) in [5.41, 5.74) is 7.05. The summed E-state index contributed by atoms with van der Waals surface area (Å²) in [5.74, 6) is -1.20. The first-order chi connectivity index (χ1) is 14.8. The van der Waals surface area contributed by atoms with Crippen LogP contribution in [0, 0.1) is 11.7 Å². The summed E-state index contributed by atoms with van der Waals surface area (Å²) in [7, 11) is 0. The molecule has 5 nitrogen and oxygen atoms in total. The van der Waals surface area contributed by atoms with E-state index in [1.165, 1.54) is 6.07 Å². The molecule has 1 amide bonds. The fourth-order valence-corrected chi connectivity index (χ4v) is 5.96. The number of aliphatic hydroxyl groups is 1. The number of nitrogens with one attached hydrogen (secondary N) is 1. The molecule has 4 N–H and O–H groups in total. The third kappa shape index (κ3) is 3.04. The van der Waals surface area contributed by atoms with E-state index in [0.29, 0.717) is 28.7 Å². The van der Waals surface area contributed by atoms with E-state index < -0.39 is 35.5 Å². The van der Waals surface area contributed by atoms with Crippen LogP contribution in [0.3, 0.4) is 0 Å². The number of rotatable bonds is 4. The molecule has 5 rings (SSSR count). The molecule has 1 saturated heterocycles. The first-order valence-corrected chi connectivity index (χ1v) is 11.3. The highest BCUT2D eigenvalue weighted by Gasteiger charge is 2.67. The van der Waals surface area contributed by atoms with E-state index in [-0.39, 0.29) is 16.5 Å². The van der Waals surface area contributed by atoms with Crippen molar-refractivity contribution in [1.29, 1.82) is 0 Å². The van der Waals surface area contributed by atoms with Gasteiger partial charge in [0.05, 0.1) is 17.2 Å². The van der Waals surface area contributed by atoms with Gasteiger partial charge < -0.3 is 16.2 Å². The van der Waals surface area contributed by atoms with Gasteiger partial charge in [-0.3, -0.25) is 9.69 Å². The predicted octanol–water partition coefficient (Wildman–Crippen LogP) is 3.87. The Morgan fingerprint density at radius 3 is 2.74 bits per heavy atom. The number of nitrogens with zero attached hydrogens (tertiary/aromatic N) is 1. The molecule has 2 aliphatic heterocycles. The van der Waals surface area contributed by atoms with Gasteiger partial charge in [-0.15, -0.1) is 0 Å². The zero-order chi connectivity index (χ0) is 22.1. The number of aliphatic hydroxyl groups excluding tert-OH is 1. The molecule has 0 unspecified atom stereocenters. The van der Waals surface area contributed by atoms with Crippen molar-refractivity contribution in [1.82, 2.24) is 4.90 Å². The Morgan fingerprint density at radius 1 is 1.32 bits per heavy atom. The molecule has 1 spiro atoms. The van der Waals surface area contributed by atoms with Crippen LogP contribution in [0.1, 0.15) is 36.8 Å². The summed E-state index contributed by atoms with van der Waals surface area (Å²) >= 11 is 12.3. The highest BCUT2D eigenvalue weighted by atomic mass is 35.5. The number of anilines is 1. The molecule has 1 saturated carbocycles. The number of nitrogens with two attached hydrogens (primary N) is 1. The highest BCUT2D eigenvalue weighted by molar-refractivity contribution is 6.31. The molecule has 1 aliphatic carbocycles. The van der Waals surface area contributed by atoms with Gasteiger partial charge in [0.25, 0.3) is 0 Å². The molecule has 5 atom stereocenters. The van der Waals surface area contributed by atoms with Crippen LogP contribution in [0.4, 0.5) is 10.1 Å². The number of carbonyl (C=O) groups excluding carboxylic acids is 1. The van der Waals surface area contributed by atoms with Gasteiger partial charge in [-0.25, -0.2) is 4.39 Å². The quantitative estimate of drug-likeness (QED) is 0.642. The molecule has 0 radical (unpaired) electrons. The molecule has 2 heterocycles. The zero-order valence-corrected chi connectivity index (χ0v) is 18.5. The van der Waals surface area contributed by atoms with Gasteiger partial charge in [0.1, 0.15) is 11.4 Å². The maximum atomic E-state index is 15.3. The average molecular weight is 464 g/mol. The van der Waals surface area contributed by atoms with Crippen molar-refractivity contribution in [3.05, 3.63) is 63.4 Å². The first-order valence-electron chi connectivity index (χ1n) is 10.5. The molecule has 0 bridgehead atoms. The van der Waals surface area contributed by atoms with Crippen LogP contribution in [-0.4, -0.2) is 40.6 Å². The highest BCUT2D eigenvalue weighted by Crippen LogP contribution is 2.58. The first kappa shape index (κ1) is 21.2. The van der Waals surface area contributed by atoms with Crippen molar-refractivity contribution in [2.75, 3.05) is 11.9 Å². The minimum atomic E-state index is -1.27. The monoisotopic (exact) mass is 463 g/mol. The lowest BCUT2D eigenvalue weighted by molar-refractivity contribution is -0.128. The Hall–Kier alpha value is -1.70. The summed E-state index contributed by atoms with van der Waals surface area (Å²) in [5, 5.41) is 14.2. The van der Waals surface area contributed by atoms with Crippen molar-refractivity contribution >= 4 is 34.8 Å². The molecule has 31 heavy (non-hydrogen) atoms. The van der Waals surface area contributed by atoms with Crippen LogP contribution in [0.2, 0.25) is 10.0 Å². The lowest BCUT2D eigenvalue weighted by atomic mass is 9.73. The molecular formula is C23H24Cl2FN3O2. The Morgan fingerprint density at radius 2 is 2.06 bits per heavy atom. The number of halogens is 3. The van der Waals surface area contributed by atoms with Crippen molar-refractivity contribution in [2.45, 2.75) is 49.4 Å². The number of carbonyl (C=O) groups is 1. The predicted molar refractivity (Wildman–Crippen MR) is 119 cm³/mol. The molecule has 2 aromatic carbocycles. The summed E-state index contributed by atoms with van der Waals surface area (Å²) in [6.07, 6.45) is 1.29. The number of likely N-dealkylation sites (tertiary alicyclic amines) is 1. The van der Waals surface area contributed by atoms with Crippen LogP contribution in [0.5, 0.6) is 0 Å². The topological polar surface area (TPSA) is 78.6 Å². The van der Waals surface area contributed by atoms with E-state index in [2.05, 4.69) is 5.32 Å². The van der Waals surface area contributed by atoms with E-state index in [9.17, 15) is 9.90 Å². The van der Waals surface area contributed by atoms with Crippen LogP contribution >= 0.6 is 23.2 Å². The van der Waals surface area contributed by atoms with Crippen molar-refractivity contribution in [3.63, 3.8) is 0 Å². The number of fused-ring (bicyclic) bond motifs is 2. The Labute approximate surface area is 190 Å². The minimum absolute atomic E-state index is 0.0242. The third-order valence-corrected chi connectivity index (χ3v) is 7.52. The van der Waals surface area contributed by atoms with Crippen molar-refractivity contribution in [2.24, 2.45) is 11.7 Å².